The van der Waals surface area contributed by atoms with E-state index in [1.54, 1.807) is 0 Å². The molecule has 0 fully saturated rings. The molecule has 0 bridgehead atoms. The van der Waals surface area contributed by atoms with Crippen molar-refractivity contribution in [3.05, 3.63) is 0 Å². The molecule has 0 aromatic carbocycles. The van der Waals surface area contributed by atoms with Crippen LogP contribution in [0.15, 0.2) is 0 Å². The first-order valence-corrected chi connectivity index (χ1v) is 5.42. The van der Waals surface area contributed by atoms with Crippen LogP contribution in [0.3, 0.4) is 0 Å². The summed E-state index contributed by atoms with van der Waals surface area (Å²) in [5.74, 6) is -0.119. The summed E-state index contributed by atoms with van der Waals surface area (Å²) in [6.07, 6.45) is 4.57. The molecule has 0 aromatic rings. The summed E-state index contributed by atoms with van der Waals surface area (Å²) in [4.78, 5) is 13.2. The monoisotopic (exact) mass is 201 g/mol. The first-order valence-electron chi connectivity index (χ1n) is 5.42. The number of carbonyl (C=O) groups is 1. The van der Waals surface area contributed by atoms with E-state index >= 15 is 0 Å². The van der Waals surface area contributed by atoms with Gasteiger partial charge in [0.05, 0.1) is 6.61 Å². The lowest BCUT2D eigenvalue weighted by atomic mass is 10.2. The minimum atomic E-state index is -0.138. The second-order valence-electron chi connectivity index (χ2n) is 3.87. The molecule has 0 aromatic heterocycles. The van der Waals surface area contributed by atoms with Gasteiger partial charge in [0.1, 0.15) is 6.04 Å². The number of ether oxygens (including phenoxy) is 1. The molecule has 0 aliphatic carbocycles. The molecular weight excluding hydrogens is 178 g/mol. The van der Waals surface area contributed by atoms with Crippen molar-refractivity contribution in [3.63, 3.8) is 0 Å². The molecule has 1 atom stereocenters. The van der Waals surface area contributed by atoms with E-state index < -0.39 is 0 Å². The molecule has 0 amide bonds. The summed E-state index contributed by atoms with van der Waals surface area (Å²) < 4.78 is 5.13. The average molecular weight is 201 g/mol. The van der Waals surface area contributed by atoms with Gasteiger partial charge in [0.25, 0.3) is 0 Å². The number of hydrogen-bond acceptors (Lipinski definition) is 3. The molecule has 84 valence electrons. The Kier molecular flexibility index (Phi) is 7.48. The normalized spacial score (nSPS) is 12.9. The Hall–Kier alpha value is -0.570. The molecule has 0 heterocycles. The lowest BCUT2D eigenvalue weighted by Crippen LogP contribution is -2.34. The number of carbonyl (C=O) groups excluding carboxylic acids is 1. The highest BCUT2D eigenvalue weighted by atomic mass is 16.5. The number of hydrogen-bond donors (Lipinski definition) is 0. The quantitative estimate of drug-likeness (QED) is 0.466. The van der Waals surface area contributed by atoms with Crippen molar-refractivity contribution in [2.75, 3.05) is 20.7 Å². The lowest BCUT2D eigenvalue weighted by Gasteiger charge is -2.17. The van der Waals surface area contributed by atoms with E-state index in [0.717, 1.165) is 12.8 Å². The smallest absolute Gasteiger partial charge is 0.323 e. The first-order chi connectivity index (χ1) is 6.59. The van der Waals surface area contributed by atoms with E-state index in [-0.39, 0.29) is 12.0 Å². The maximum atomic E-state index is 11.4. The third kappa shape index (κ3) is 5.97. The van der Waals surface area contributed by atoms with Gasteiger partial charge in [-0.1, -0.05) is 26.2 Å². The molecule has 0 aliphatic heterocycles. The molecule has 14 heavy (non-hydrogen) atoms. The number of likely N-dealkylation sites (N-methyl/N-ethyl adjacent to an activating group) is 1. The SMILES string of the molecule is CCCCCCOC(=O)C(C)N(C)C. The largest absolute Gasteiger partial charge is 0.465 e. The van der Waals surface area contributed by atoms with Crippen LogP contribution in [0, 0.1) is 0 Å². The van der Waals surface area contributed by atoms with Gasteiger partial charge in [0, 0.05) is 0 Å². The van der Waals surface area contributed by atoms with Crippen LogP contribution in [0.25, 0.3) is 0 Å². The predicted octanol–water partition coefficient (Wildman–Crippen LogP) is 2.06. The Labute approximate surface area is 87.4 Å². The number of nitrogens with zero attached hydrogens (tertiary/aromatic N) is 1. The molecule has 0 saturated heterocycles. The summed E-state index contributed by atoms with van der Waals surface area (Å²) in [5.41, 5.74) is 0. The topological polar surface area (TPSA) is 29.5 Å². The van der Waals surface area contributed by atoms with Gasteiger partial charge < -0.3 is 4.74 Å². The van der Waals surface area contributed by atoms with Crippen LogP contribution in [-0.2, 0) is 9.53 Å². The third-order valence-corrected chi connectivity index (χ3v) is 2.36. The van der Waals surface area contributed by atoms with Crippen LogP contribution >= 0.6 is 0 Å². The Morgan fingerprint density at radius 1 is 1.29 bits per heavy atom. The number of esters is 1. The second-order valence-corrected chi connectivity index (χ2v) is 3.87. The summed E-state index contributed by atoms with van der Waals surface area (Å²) in [5, 5.41) is 0. The Morgan fingerprint density at radius 2 is 1.93 bits per heavy atom. The van der Waals surface area contributed by atoms with Crippen molar-refractivity contribution in [2.45, 2.75) is 45.6 Å². The van der Waals surface area contributed by atoms with Crippen LogP contribution in [0.5, 0.6) is 0 Å². The maximum absolute atomic E-state index is 11.4. The minimum absolute atomic E-state index is 0.119. The highest BCUT2D eigenvalue weighted by Gasteiger charge is 2.15. The summed E-state index contributed by atoms with van der Waals surface area (Å²) in [7, 11) is 3.76. The number of rotatable bonds is 7. The Balaban J connectivity index is 3.44. The van der Waals surface area contributed by atoms with Crippen molar-refractivity contribution in [1.82, 2.24) is 4.90 Å². The molecule has 1 unspecified atom stereocenters. The van der Waals surface area contributed by atoms with Crippen LogP contribution in [0.1, 0.15) is 39.5 Å². The minimum Gasteiger partial charge on any atom is -0.465 e. The van der Waals surface area contributed by atoms with E-state index in [4.69, 9.17) is 4.74 Å². The van der Waals surface area contributed by atoms with Crippen LogP contribution in [0.4, 0.5) is 0 Å². The van der Waals surface area contributed by atoms with Crippen LogP contribution in [0.2, 0.25) is 0 Å². The summed E-state index contributed by atoms with van der Waals surface area (Å²) >= 11 is 0. The summed E-state index contributed by atoms with van der Waals surface area (Å²) in [6.45, 7) is 4.59. The second kappa shape index (κ2) is 7.80. The van der Waals surface area contributed by atoms with Gasteiger partial charge in [-0.05, 0) is 27.4 Å². The molecule has 0 rings (SSSR count). The third-order valence-electron chi connectivity index (χ3n) is 2.36. The molecule has 3 nitrogen and oxygen atoms in total. The van der Waals surface area contributed by atoms with Gasteiger partial charge in [0.15, 0.2) is 0 Å². The van der Waals surface area contributed by atoms with Gasteiger partial charge in [-0.25, -0.2) is 0 Å². The molecule has 0 radical (unpaired) electrons. The zero-order valence-corrected chi connectivity index (χ0v) is 9.88. The van der Waals surface area contributed by atoms with E-state index in [0.29, 0.717) is 6.61 Å². The fourth-order valence-corrected chi connectivity index (χ4v) is 1.03. The molecule has 0 aliphatic rings. The fraction of sp³-hybridized carbons (Fsp3) is 0.909. The summed E-state index contributed by atoms with van der Waals surface area (Å²) in [6, 6.07) is -0.138. The van der Waals surface area contributed by atoms with Gasteiger partial charge >= 0.3 is 5.97 Å². The lowest BCUT2D eigenvalue weighted by molar-refractivity contribution is -0.148. The van der Waals surface area contributed by atoms with Gasteiger partial charge in [-0.2, -0.15) is 0 Å². The standard InChI is InChI=1S/C11H23NO2/c1-5-6-7-8-9-14-11(13)10(2)12(3)4/h10H,5-9H2,1-4H3. The average Bonchev–Trinajstić information content (AvgIpc) is 2.16. The first kappa shape index (κ1) is 13.4. The van der Waals surface area contributed by atoms with Gasteiger partial charge in [0.2, 0.25) is 0 Å². The van der Waals surface area contributed by atoms with Crippen molar-refractivity contribution < 1.29 is 9.53 Å². The van der Waals surface area contributed by atoms with E-state index in [9.17, 15) is 4.79 Å². The molecule has 0 saturated carbocycles. The zero-order valence-electron chi connectivity index (χ0n) is 9.88. The van der Waals surface area contributed by atoms with Gasteiger partial charge in [-0.15, -0.1) is 0 Å². The van der Waals surface area contributed by atoms with E-state index in [2.05, 4.69) is 6.92 Å². The zero-order chi connectivity index (χ0) is 11.0. The van der Waals surface area contributed by atoms with Crippen LogP contribution < -0.4 is 0 Å². The molecule has 3 heteroatoms. The highest BCUT2D eigenvalue weighted by molar-refractivity contribution is 5.75. The van der Waals surface area contributed by atoms with Crippen molar-refractivity contribution in [2.24, 2.45) is 0 Å². The molecule has 0 spiro atoms. The predicted molar refractivity (Wildman–Crippen MR) is 58.3 cm³/mol. The van der Waals surface area contributed by atoms with E-state index in [1.807, 2.05) is 25.9 Å². The van der Waals surface area contributed by atoms with E-state index in [1.165, 1.54) is 12.8 Å². The Bertz CT molecular complexity index is 157. The number of unbranched alkanes of at least 4 members (excludes halogenated alkanes) is 3. The van der Waals surface area contributed by atoms with Crippen molar-refractivity contribution in [1.29, 1.82) is 0 Å². The maximum Gasteiger partial charge on any atom is 0.323 e. The fourth-order valence-electron chi connectivity index (χ4n) is 1.03. The van der Waals surface area contributed by atoms with Gasteiger partial charge in [-0.3, -0.25) is 9.69 Å². The molecular formula is C11H23NO2. The molecule has 0 N–H and O–H groups in total. The van der Waals surface area contributed by atoms with Crippen LogP contribution in [-0.4, -0.2) is 37.6 Å². The Morgan fingerprint density at radius 3 is 2.43 bits per heavy atom. The van der Waals surface area contributed by atoms with Crippen molar-refractivity contribution in [3.8, 4) is 0 Å². The van der Waals surface area contributed by atoms with Crippen molar-refractivity contribution >= 4 is 5.97 Å². The highest BCUT2D eigenvalue weighted by Crippen LogP contribution is 2.01.